The lowest BCUT2D eigenvalue weighted by atomic mass is 10.1. The van der Waals surface area contributed by atoms with Crippen molar-refractivity contribution in [2.45, 2.75) is 13.3 Å². The number of thiophene rings is 1. The SMILES string of the molecule is COC(=O)c1c(NC(=O)COc2ccc(OC)cc2)sc(C(=O)NCCc2ccccc2)c1C. The Balaban J connectivity index is 1.66. The first-order valence-corrected chi connectivity index (χ1v) is 11.3. The maximum absolute atomic E-state index is 12.8. The van der Waals surface area contributed by atoms with Gasteiger partial charge in [-0.15, -0.1) is 11.3 Å². The molecule has 3 aromatic rings. The minimum atomic E-state index is -0.636. The summed E-state index contributed by atoms with van der Waals surface area (Å²) in [6, 6.07) is 16.6. The van der Waals surface area contributed by atoms with Crippen LogP contribution in [0.5, 0.6) is 11.5 Å². The number of benzene rings is 2. The summed E-state index contributed by atoms with van der Waals surface area (Å²) in [5, 5.41) is 5.77. The zero-order valence-electron chi connectivity index (χ0n) is 19.2. The Morgan fingerprint density at radius 3 is 2.26 bits per heavy atom. The average Bonchev–Trinajstić information content (AvgIpc) is 3.18. The number of carbonyl (C=O) groups is 3. The Morgan fingerprint density at radius 2 is 1.62 bits per heavy atom. The van der Waals surface area contributed by atoms with Crippen LogP contribution in [0.2, 0.25) is 0 Å². The van der Waals surface area contributed by atoms with Crippen LogP contribution < -0.4 is 20.1 Å². The number of methoxy groups -OCH3 is 2. The number of rotatable bonds is 10. The van der Waals surface area contributed by atoms with Gasteiger partial charge in [-0.3, -0.25) is 9.59 Å². The normalized spacial score (nSPS) is 10.3. The molecule has 1 aromatic heterocycles. The van der Waals surface area contributed by atoms with Crippen LogP contribution in [0.25, 0.3) is 0 Å². The molecule has 2 N–H and O–H groups in total. The van der Waals surface area contributed by atoms with Crippen molar-refractivity contribution in [3.63, 3.8) is 0 Å². The van der Waals surface area contributed by atoms with Crippen LogP contribution in [0, 0.1) is 6.92 Å². The van der Waals surface area contributed by atoms with E-state index >= 15 is 0 Å². The molecule has 0 spiro atoms. The summed E-state index contributed by atoms with van der Waals surface area (Å²) >= 11 is 1.02. The van der Waals surface area contributed by atoms with Gasteiger partial charge in [-0.1, -0.05) is 30.3 Å². The Labute approximate surface area is 201 Å². The Morgan fingerprint density at radius 1 is 0.941 bits per heavy atom. The van der Waals surface area contributed by atoms with Gasteiger partial charge in [0.25, 0.3) is 11.8 Å². The third kappa shape index (κ3) is 6.35. The summed E-state index contributed by atoms with van der Waals surface area (Å²) in [7, 11) is 2.81. The summed E-state index contributed by atoms with van der Waals surface area (Å²) in [6.07, 6.45) is 0.674. The molecule has 3 rings (SSSR count). The highest BCUT2D eigenvalue weighted by atomic mass is 32.1. The number of carbonyl (C=O) groups excluding carboxylic acids is 3. The molecular formula is C25H26N2O6S. The first-order valence-electron chi connectivity index (χ1n) is 10.5. The molecule has 0 saturated carbocycles. The van der Waals surface area contributed by atoms with Gasteiger partial charge in [-0.25, -0.2) is 4.79 Å². The molecule has 1 heterocycles. The zero-order valence-corrected chi connectivity index (χ0v) is 20.0. The topological polar surface area (TPSA) is 103 Å². The van der Waals surface area contributed by atoms with Gasteiger partial charge < -0.3 is 24.8 Å². The number of amides is 2. The highest BCUT2D eigenvalue weighted by Gasteiger charge is 2.26. The molecule has 34 heavy (non-hydrogen) atoms. The number of hydrogen-bond acceptors (Lipinski definition) is 7. The van der Waals surface area contributed by atoms with Crippen LogP contribution in [-0.2, 0) is 16.0 Å². The van der Waals surface area contributed by atoms with E-state index in [-0.39, 0.29) is 23.1 Å². The van der Waals surface area contributed by atoms with E-state index in [0.29, 0.717) is 34.9 Å². The molecule has 0 saturated heterocycles. The van der Waals surface area contributed by atoms with Crippen molar-refractivity contribution in [3.05, 3.63) is 76.2 Å². The first kappa shape index (κ1) is 24.8. The second kappa shape index (κ2) is 11.9. The highest BCUT2D eigenvalue weighted by molar-refractivity contribution is 7.18. The lowest BCUT2D eigenvalue weighted by molar-refractivity contribution is -0.118. The summed E-state index contributed by atoms with van der Waals surface area (Å²) < 4.78 is 15.4. The van der Waals surface area contributed by atoms with Gasteiger partial charge in [0.1, 0.15) is 16.5 Å². The average molecular weight is 483 g/mol. The molecule has 0 atom stereocenters. The van der Waals surface area contributed by atoms with E-state index in [1.54, 1.807) is 38.3 Å². The predicted molar refractivity (Wildman–Crippen MR) is 130 cm³/mol. The quantitative estimate of drug-likeness (QED) is 0.426. The Hall–Kier alpha value is -3.85. The van der Waals surface area contributed by atoms with Crippen LogP contribution in [0.15, 0.2) is 54.6 Å². The molecule has 0 fully saturated rings. The smallest absolute Gasteiger partial charge is 0.341 e. The standard InChI is InChI=1S/C25H26N2O6S/c1-16-21(25(30)32-3)24(27-20(28)15-33-19-11-9-18(31-2)10-12-19)34-22(16)23(29)26-14-13-17-7-5-4-6-8-17/h4-12H,13-15H2,1-3H3,(H,26,29)(H,27,28). The van der Waals surface area contributed by atoms with E-state index in [1.165, 1.54) is 7.11 Å². The van der Waals surface area contributed by atoms with Gasteiger partial charge in [-0.05, 0) is 48.7 Å². The molecular weight excluding hydrogens is 456 g/mol. The predicted octanol–water partition coefficient (Wildman–Crippen LogP) is 3.84. The second-order valence-corrected chi connectivity index (χ2v) is 8.28. The fraction of sp³-hybridized carbons (Fsp3) is 0.240. The number of hydrogen-bond donors (Lipinski definition) is 2. The molecule has 178 valence electrons. The minimum absolute atomic E-state index is 0.151. The van der Waals surface area contributed by atoms with E-state index in [2.05, 4.69) is 10.6 Å². The lowest BCUT2D eigenvalue weighted by Crippen LogP contribution is -2.25. The van der Waals surface area contributed by atoms with Crippen molar-refractivity contribution in [1.82, 2.24) is 5.32 Å². The zero-order chi connectivity index (χ0) is 24.5. The summed E-state index contributed by atoms with van der Waals surface area (Å²) in [6.45, 7) is 1.81. The van der Waals surface area contributed by atoms with Gasteiger partial charge in [0.2, 0.25) is 0 Å². The van der Waals surface area contributed by atoms with Crippen molar-refractivity contribution in [2.75, 3.05) is 32.7 Å². The van der Waals surface area contributed by atoms with E-state index in [4.69, 9.17) is 14.2 Å². The minimum Gasteiger partial charge on any atom is -0.497 e. The van der Waals surface area contributed by atoms with E-state index in [0.717, 1.165) is 16.9 Å². The van der Waals surface area contributed by atoms with Crippen molar-refractivity contribution in [1.29, 1.82) is 0 Å². The highest BCUT2D eigenvalue weighted by Crippen LogP contribution is 2.33. The molecule has 0 aliphatic carbocycles. The summed E-state index contributed by atoms with van der Waals surface area (Å²) in [4.78, 5) is 38.0. The lowest BCUT2D eigenvalue weighted by Gasteiger charge is -2.08. The number of anilines is 1. The molecule has 0 aliphatic rings. The summed E-state index contributed by atoms with van der Waals surface area (Å²) in [5.74, 6) is -0.270. The largest absolute Gasteiger partial charge is 0.497 e. The van der Waals surface area contributed by atoms with Crippen LogP contribution in [0.1, 0.15) is 31.2 Å². The fourth-order valence-electron chi connectivity index (χ4n) is 3.19. The monoisotopic (exact) mass is 482 g/mol. The van der Waals surface area contributed by atoms with Crippen molar-refractivity contribution in [3.8, 4) is 11.5 Å². The van der Waals surface area contributed by atoms with Crippen LogP contribution in [-0.4, -0.2) is 45.2 Å². The van der Waals surface area contributed by atoms with Gasteiger partial charge in [0.15, 0.2) is 6.61 Å². The Bertz CT molecular complexity index is 1140. The van der Waals surface area contributed by atoms with Gasteiger partial charge >= 0.3 is 5.97 Å². The van der Waals surface area contributed by atoms with Crippen LogP contribution >= 0.6 is 11.3 Å². The van der Waals surface area contributed by atoms with Crippen molar-refractivity contribution < 1.29 is 28.6 Å². The molecule has 2 amide bonds. The van der Waals surface area contributed by atoms with E-state index in [9.17, 15) is 14.4 Å². The maximum Gasteiger partial charge on any atom is 0.341 e. The molecule has 8 nitrogen and oxygen atoms in total. The first-order chi connectivity index (χ1) is 16.4. The van der Waals surface area contributed by atoms with E-state index in [1.807, 2.05) is 30.3 Å². The Kier molecular flexibility index (Phi) is 8.64. The fourth-order valence-corrected chi connectivity index (χ4v) is 4.32. The molecule has 2 aromatic carbocycles. The van der Waals surface area contributed by atoms with Crippen LogP contribution in [0.4, 0.5) is 5.00 Å². The number of ether oxygens (including phenoxy) is 3. The molecule has 0 radical (unpaired) electrons. The maximum atomic E-state index is 12.8. The summed E-state index contributed by atoms with van der Waals surface area (Å²) in [5.41, 5.74) is 1.70. The van der Waals surface area contributed by atoms with Crippen molar-refractivity contribution >= 4 is 34.1 Å². The number of nitrogens with one attached hydrogen (secondary N) is 2. The van der Waals surface area contributed by atoms with Crippen molar-refractivity contribution in [2.24, 2.45) is 0 Å². The second-order valence-electron chi connectivity index (χ2n) is 7.26. The molecule has 9 heteroatoms. The van der Waals surface area contributed by atoms with Gasteiger partial charge in [-0.2, -0.15) is 0 Å². The third-order valence-electron chi connectivity index (χ3n) is 4.97. The van der Waals surface area contributed by atoms with Gasteiger partial charge in [0.05, 0.1) is 24.7 Å². The van der Waals surface area contributed by atoms with Crippen LogP contribution in [0.3, 0.4) is 0 Å². The molecule has 0 aliphatic heterocycles. The van der Waals surface area contributed by atoms with Gasteiger partial charge in [0, 0.05) is 6.54 Å². The number of esters is 1. The third-order valence-corrected chi connectivity index (χ3v) is 6.17. The molecule has 0 bridgehead atoms. The molecule has 0 unspecified atom stereocenters. The van der Waals surface area contributed by atoms with E-state index < -0.39 is 11.9 Å².